The summed E-state index contributed by atoms with van der Waals surface area (Å²) in [7, 11) is -3.27. The molecule has 1 amide bonds. The number of ether oxygens (including phenoxy) is 1. The van der Waals surface area contributed by atoms with Crippen LogP contribution in [0.3, 0.4) is 0 Å². The maximum absolute atomic E-state index is 12.5. The SMILES string of the molecule is O=C(N[C@@H]1C=CS(=O)(=O)C1)C1=CC=C(c2ccccc2OCC2CCCCC2)NC1O. The van der Waals surface area contributed by atoms with Crippen molar-refractivity contribution >= 4 is 21.4 Å². The van der Waals surface area contributed by atoms with E-state index in [2.05, 4.69) is 10.6 Å². The van der Waals surface area contributed by atoms with Gasteiger partial charge in [-0.05, 0) is 49.1 Å². The molecule has 4 rings (SSSR count). The molecule has 2 atom stereocenters. The van der Waals surface area contributed by atoms with Crippen LogP contribution in [-0.4, -0.2) is 44.1 Å². The highest BCUT2D eigenvalue weighted by atomic mass is 32.2. The van der Waals surface area contributed by atoms with Crippen molar-refractivity contribution in [1.29, 1.82) is 0 Å². The van der Waals surface area contributed by atoms with Gasteiger partial charge in [-0.3, -0.25) is 4.79 Å². The first-order valence-electron chi connectivity index (χ1n) is 10.7. The summed E-state index contributed by atoms with van der Waals surface area (Å²) in [6, 6.07) is 7.04. The van der Waals surface area contributed by atoms with E-state index in [1.807, 2.05) is 24.3 Å². The lowest BCUT2D eigenvalue weighted by molar-refractivity contribution is -0.118. The molecule has 1 fully saturated rings. The topological polar surface area (TPSA) is 105 Å². The fourth-order valence-corrected chi connectivity index (χ4v) is 5.43. The second-order valence-corrected chi connectivity index (χ2v) is 10.2. The highest BCUT2D eigenvalue weighted by Gasteiger charge is 2.28. The van der Waals surface area contributed by atoms with Crippen molar-refractivity contribution in [2.24, 2.45) is 5.92 Å². The summed E-state index contributed by atoms with van der Waals surface area (Å²) in [4.78, 5) is 12.5. The average molecular weight is 445 g/mol. The third-order valence-electron chi connectivity index (χ3n) is 5.90. The van der Waals surface area contributed by atoms with E-state index in [4.69, 9.17) is 4.74 Å². The molecule has 1 unspecified atom stereocenters. The number of carbonyl (C=O) groups excluding carboxylic acids is 1. The normalized spacial score (nSPS) is 25.3. The van der Waals surface area contributed by atoms with Gasteiger partial charge in [-0.1, -0.05) is 31.4 Å². The van der Waals surface area contributed by atoms with Gasteiger partial charge < -0.3 is 20.5 Å². The van der Waals surface area contributed by atoms with E-state index in [0.29, 0.717) is 18.2 Å². The minimum Gasteiger partial charge on any atom is -0.493 e. The minimum atomic E-state index is -3.27. The number of sulfone groups is 1. The molecule has 0 aromatic heterocycles. The number of hydrogen-bond donors (Lipinski definition) is 3. The second kappa shape index (κ2) is 9.28. The molecule has 1 aliphatic carbocycles. The molecule has 1 aromatic carbocycles. The number of rotatable bonds is 6. The third kappa shape index (κ3) is 5.37. The van der Waals surface area contributed by atoms with E-state index in [0.717, 1.165) is 16.7 Å². The van der Waals surface area contributed by atoms with Crippen molar-refractivity contribution in [1.82, 2.24) is 10.6 Å². The van der Waals surface area contributed by atoms with Crippen LogP contribution in [-0.2, 0) is 14.6 Å². The molecule has 31 heavy (non-hydrogen) atoms. The van der Waals surface area contributed by atoms with E-state index in [1.165, 1.54) is 38.2 Å². The molecule has 2 aliphatic heterocycles. The maximum Gasteiger partial charge on any atom is 0.252 e. The van der Waals surface area contributed by atoms with Gasteiger partial charge in [-0.15, -0.1) is 0 Å². The largest absolute Gasteiger partial charge is 0.493 e. The zero-order chi connectivity index (χ0) is 21.8. The fraction of sp³-hybridized carbons (Fsp3) is 0.435. The Morgan fingerprint density at radius 1 is 1.16 bits per heavy atom. The van der Waals surface area contributed by atoms with Gasteiger partial charge in [0, 0.05) is 16.7 Å². The highest BCUT2D eigenvalue weighted by Crippen LogP contribution is 2.30. The summed E-state index contributed by atoms with van der Waals surface area (Å²) in [6.07, 6.45) is 9.71. The Balaban J connectivity index is 1.45. The highest BCUT2D eigenvalue weighted by molar-refractivity contribution is 7.94. The van der Waals surface area contributed by atoms with Gasteiger partial charge in [0.15, 0.2) is 16.1 Å². The van der Waals surface area contributed by atoms with Gasteiger partial charge in [0.2, 0.25) is 0 Å². The Morgan fingerprint density at radius 3 is 2.65 bits per heavy atom. The van der Waals surface area contributed by atoms with Gasteiger partial charge in [-0.25, -0.2) is 8.42 Å². The Morgan fingerprint density at radius 2 is 1.94 bits per heavy atom. The molecule has 1 saturated carbocycles. The van der Waals surface area contributed by atoms with Crippen LogP contribution in [0.5, 0.6) is 5.75 Å². The molecule has 0 saturated heterocycles. The molecule has 0 spiro atoms. The lowest BCUT2D eigenvalue weighted by Gasteiger charge is -2.26. The van der Waals surface area contributed by atoms with Crippen LogP contribution in [0.4, 0.5) is 0 Å². The average Bonchev–Trinajstić information content (AvgIpc) is 3.11. The summed E-state index contributed by atoms with van der Waals surface area (Å²) in [6.45, 7) is 0.675. The Labute approximate surface area is 182 Å². The summed E-state index contributed by atoms with van der Waals surface area (Å²) < 4.78 is 29.1. The van der Waals surface area contributed by atoms with Crippen molar-refractivity contribution in [2.75, 3.05) is 12.4 Å². The van der Waals surface area contributed by atoms with Crippen LogP contribution in [0.1, 0.15) is 37.7 Å². The first kappa shape index (κ1) is 21.6. The Kier molecular flexibility index (Phi) is 6.48. The van der Waals surface area contributed by atoms with Crippen molar-refractivity contribution < 1.29 is 23.1 Å². The first-order valence-corrected chi connectivity index (χ1v) is 12.4. The third-order valence-corrected chi connectivity index (χ3v) is 7.30. The summed E-state index contributed by atoms with van der Waals surface area (Å²) in [5, 5.41) is 17.2. The smallest absolute Gasteiger partial charge is 0.252 e. The number of allylic oxidation sites excluding steroid dienone is 2. The molecule has 1 aromatic rings. The Bertz CT molecular complexity index is 1020. The zero-order valence-electron chi connectivity index (χ0n) is 17.3. The van der Waals surface area contributed by atoms with Crippen LogP contribution < -0.4 is 15.4 Å². The van der Waals surface area contributed by atoms with E-state index in [-0.39, 0.29) is 11.3 Å². The molecule has 0 radical (unpaired) electrons. The van der Waals surface area contributed by atoms with Gasteiger partial charge in [0.05, 0.1) is 24.0 Å². The zero-order valence-corrected chi connectivity index (χ0v) is 18.1. The molecular formula is C23H28N2O5S. The second-order valence-electron chi connectivity index (χ2n) is 8.30. The molecule has 2 heterocycles. The molecule has 8 heteroatoms. The summed E-state index contributed by atoms with van der Waals surface area (Å²) >= 11 is 0. The van der Waals surface area contributed by atoms with Crippen molar-refractivity contribution in [3.8, 4) is 5.75 Å². The van der Waals surface area contributed by atoms with Gasteiger partial charge >= 0.3 is 0 Å². The lowest BCUT2D eigenvalue weighted by Crippen LogP contribution is -2.43. The maximum atomic E-state index is 12.5. The predicted molar refractivity (Wildman–Crippen MR) is 119 cm³/mol. The number of dihydropyridines is 1. The van der Waals surface area contributed by atoms with Crippen molar-refractivity contribution in [3.63, 3.8) is 0 Å². The van der Waals surface area contributed by atoms with E-state index in [9.17, 15) is 18.3 Å². The number of aliphatic hydroxyl groups is 1. The van der Waals surface area contributed by atoms with E-state index in [1.54, 1.807) is 12.2 Å². The van der Waals surface area contributed by atoms with Crippen LogP contribution in [0, 0.1) is 5.92 Å². The number of carbonyl (C=O) groups is 1. The predicted octanol–water partition coefficient (Wildman–Crippen LogP) is 2.26. The van der Waals surface area contributed by atoms with Crippen LogP contribution in [0.25, 0.3) is 5.70 Å². The van der Waals surface area contributed by atoms with Gasteiger partial charge in [0.25, 0.3) is 5.91 Å². The molecule has 0 bridgehead atoms. The monoisotopic (exact) mass is 444 g/mol. The number of hydrogen-bond acceptors (Lipinski definition) is 6. The number of nitrogens with one attached hydrogen (secondary N) is 2. The molecule has 3 aliphatic rings. The van der Waals surface area contributed by atoms with Crippen molar-refractivity contribution in [3.05, 3.63) is 59.0 Å². The number of benzene rings is 1. The quantitative estimate of drug-likeness (QED) is 0.622. The summed E-state index contributed by atoms with van der Waals surface area (Å²) in [5.74, 6) is 0.636. The fourth-order valence-electron chi connectivity index (χ4n) is 4.20. The summed E-state index contributed by atoms with van der Waals surface area (Å²) in [5.41, 5.74) is 1.60. The molecular weight excluding hydrogens is 416 g/mol. The van der Waals surface area contributed by atoms with Crippen LogP contribution in [0.2, 0.25) is 0 Å². The number of amides is 1. The van der Waals surface area contributed by atoms with Gasteiger partial charge in [-0.2, -0.15) is 0 Å². The molecule has 166 valence electrons. The molecule has 7 nitrogen and oxygen atoms in total. The number of para-hydroxylation sites is 1. The number of aliphatic hydroxyl groups excluding tert-OH is 1. The standard InChI is InChI=1S/C23H28N2O5S/c26-22(24-17-12-13-31(28,29)15-17)19-10-11-20(25-23(19)27)18-8-4-5-9-21(18)30-14-16-6-2-1-3-7-16/h4-5,8-13,16-17,23,25,27H,1-3,6-7,14-15H2,(H,24,26)/t17-,23?/m1/s1. The first-order chi connectivity index (χ1) is 14.9. The minimum absolute atomic E-state index is 0.127. The lowest BCUT2D eigenvalue weighted by atomic mass is 9.90. The Hall–Kier alpha value is -2.58. The van der Waals surface area contributed by atoms with Crippen LogP contribution >= 0.6 is 0 Å². The molecule has 3 N–H and O–H groups in total. The van der Waals surface area contributed by atoms with E-state index < -0.39 is 28.0 Å². The van der Waals surface area contributed by atoms with E-state index >= 15 is 0 Å². The van der Waals surface area contributed by atoms with Crippen molar-refractivity contribution in [2.45, 2.75) is 44.4 Å². The van der Waals surface area contributed by atoms with Gasteiger partial charge in [0.1, 0.15) is 5.75 Å². The van der Waals surface area contributed by atoms with Crippen LogP contribution in [0.15, 0.2) is 53.5 Å².